The van der Waals surface area contributed by atoms with E-state index in [0.29, 0.717) is 28.8 Å². The number of benzene rings is 2. The Hall–Kier alpha value is -2.33. The number of nitrogens with zero attached hydrogens (tertiary/aromatic N) is 2. The van der Waals surface area contributed by atoms with Gasteiger partial charge in [-0.3, -0.25) is 0 Å². The quantitative estimate of drug-likeness (QED) is 0.794. The summed E-state index contributed by atoms with van der Waals surface area (Å²) < 4.78 is 5.63. The van der Waals surface area contributed by atoms with Gasteiger partial charge in [-0.15, -0.1) is 10.2 Å². The summed E-state index contributed by atoms with van der Waals surface area (Å²) >= 11 is 5.85. The van der Waals surface area contributed by atoms with Crippen LogP contribution >= 0.6 is 11.6 Å². The van der Waals surface area contributed by atoms with Gasteiger partial charge < -0.3 is 9.52 Å². The molecule has 1 N–H and O–H groups in total. The highest BCUT2D eigenvalue weighted by Gasteiger charge is 2.10. The predicted octanol–water partition coefficient (Wildman–Crippen LogP) is 3.99. The molecule has 5 heteroatoms. The van der Waals surface area contributed by atoms with Crippen LogP contribution in [0.25, 0.3) is 11.5 Å². The minimum Gasteiger partial charge on any atom is -0.508 e. The Bertz CT molecular complexity index is 766. The number of hydrogen-bond acceptors (Lipinski definition) is 4. The van der Waals surface area contributed by atoms with Crippen molar-refractivity contribution >= 4 is 11.6 Å². The van der Waals surface area contributed by atoms with Crippen molar-refractivity contribution in [2.24, 2.45) is 0 Å². The van der Waals surface area contributed by atoms with Crippen LogP contribution in [0.4, 0.5) is 0 Å². The molecule has 0 bridgehead atoms. The van der Waals surface area contributed by atoms with Crippen LogP contribution in [0, 0.1) is 6.92 Å². The highest BCUT2D eigenvalue weighted by atomic mass is 35.5. The molecule has 0 fully saturated rings. The Labute approximate surface area is 127 Å². The van der Waals surface area contributed by atoms with Crippen molar-refractivity contribution in [1.29, 1.82) is 0 Å². The van der Waals surface area contributed by atoms with E-state index < -0.39 is 0 Å². The third-order valence-corrected chi connectivity index (χ3v) is 3.44. The summed E-state index contributed by atoms with van der Waals surface area (Å²) in [4.78, 5) is 0. The summed E-state index contributed by atoms with van der Waals surface area (Å²) in [5, 5.41) is 18.5. The Morgan fingerprint density at radius 1 is 1.10 bits per heavy atom. The maximum absolute atomic E-state index is 9.73. The van der Waals surface area contributed by atoms with E-state index in [1.54, 1.807) is 6.07 Å². The zero-order valence-corrected chi connectivity index (χ0v) is 12.1. The largest absolute Gasteiger partial charge is 0.508 e. The summed E-state index contributed by atoms with van der Waals surface area (Å²) in [5.41, 5.74) is 2.55. The van der Waals surface area contributed by atoms with E-state index in [1.165, 1.54) is 0 Å². The minimum atomic E-state index is 0.213. The molecule has 3 aromatic rings. The van der Waals surface area contributed by atoms with Crippen LogP contribution < -0.4 is 0 Å². The average Bonchev–Trinajstić information content (AvgIpc) is 2.93. The monoisotopic (exact) mass is 300 g/mol. The van der Waals surface area contributed by atoms with Gasteiger partial charge in [0.1, 0.15) is 5.75 Å². The van der Waals surface area contributed by atoms with Crippen molar-refractivity contribution in [3.63, 3.8) is 0 Å². The topological polar surface area (TPSA) is 59.2 Å². The van der Waals surface area contributed by atoms with E-state index in [2.05, 4.69) is 10.2 Å². The van der Waals surface area contributed by atoms with Crippen LogP contribution in [-0.2, 0) is 6.42 Å². The van der Waals surface area contributed by atoms with Crippen molar-refractivity contribution < 1.29 is 9.52 Å². The lowest BCUT2D eigenvalue weighted by molar-refractivity contribution is 0.470. The number of hydrogen-bond donors (Lipinski definition) is 1. The number of aryl methyl sites for hydroxylation is 1. The fourth-order valence-electron chi connectivity index (χ4n) is 1.96. The first-order valence-electron chi connectivity index (χ1n) is 6.48. The van der Waals surface area contributed by atoms with Gasteiger partial charge in [-0.25, -0.2) is 0 Å². The molecule has 106 valence electrons. The molecule has 1 aromatic heterocycles. The van der Waals surface area contributed by atoms with E-state index >= 15 is 0 Å². The molecule has 4 nitrogen and oxygen atoms in total. The minimum absolute atomic E-state index is 0.213. The predicted molar refractivity (Wildman–Crippen MR) is 80.4 cm³/mol. The molecule has 0 aliphatic heterocycles. The third-order valence-electron chi connectivity index (χ3n) is 3.19. The van der Waals surface area contributed by atoms with Crippen LogP contribution in [-0.4, -0.2) is 15.3 Å². The Kier molecular flexibility index (Phi) is 3.62. The first kappa shape index (κ1) is 13.6. The first-order valence-corrected chi connectivity index (χ1v) is 6.86. The molecule has 0 saturated carbocycles. The second-order valence-corrected chi connectivity index (χ2v) is 5.24. The SMILES string of the molecule is Cc1ccc(-c2nnc(Cc3ccc(Cl)cc3)o2)cc1O. The summed E-state index contributed by atoms with van der Waals surface area (Å²) in [7, 11) is 0. The number of phenols is 1. The number of rotatable bonds is 3. The van der Waals surface area contributed by atoms with Crippen LogP contribution in [0.3, 0.4) is 0 Å². The normalized spacial score (nSPS) is 10.8. The van der Waals surface area contributed by atoms with E-state index in [9.17, 15) is 5.11 Å². The standard InChI is InChI=1S/C16H13ClN2O2/c1-10-2-5-12(9-14(10)20)16-19-18-15(21-16)8-11-3-6-13(17)7-4-11/h2-7,9,20H,8H2,1H3. The third kappa shape index (κ3) is 3.06. The fourth-order valence-corrected chi connectivity index (χ4v) is 2.09. The lowest BCUT2D eigenvalue weighted by Crippen LogP contribution is -1.87. The Morgan fingerprint density at radius 3 is 2.57 bits per heavy atom. The Balaban J connectivity index is 1.82. The molecule has 0 atom stereocenters. The van der Waals surface area contributed by atoms with Gasteiger partial charge in [-0.2, -0.15) is 0 Å². The highest BCUT2D eigenvalue weighted by molar-refractivity contribution is 6.30. The van der Waals surface area contributed by atoms with Crippen LogP contribution in [0.2, 0.25) is 5.02 Å². The van der Waals surface area contributed by atoms with Crippen LogP contribution in [0.5, 0.6) is 5.75 Å². The van der Waals surface area contributed by atoms with Crippen molar-refractivity contribution in [1.82, 2.24) is 10.2 Å². The molecule has 3 rings (SSSR count). The van der Waals surface area contributed by atoms with E-state index in [-0.39, 0.29) is 5.75 Å². The molecule has 0 saturated heterocycles. The van der Waals surface area contributed by atoms with Crippen molar-refractivity contribution in [2.75, 3.05) is 0 Å². The van der Waals surface area contributed by atoms with Gasteiger partial charge >= 0.3 is 0 Å². The number of aromatic hydroxyl groups is 1. The molecule has 0 aliphatic rings. The molecule has 0 radical (unpaired) electrons. The number of phenolic OH excluding ortho intramolecular Hbond substituents is 1. The maximum Gasteiger partial charge on any atom is 0.247 e. The average molecular weight is 301 g/mol. The Morgan fingerprint density at radius 2 is 1.86 bits per heavy atom. The fraction of sp³-hybridized carbons (Fsp3) is 0.125. The first-order chi connectivity index (χ1) is 10.1. The lowest BCUT2D eigenvalue weighted by Gasteiger charge is -2.00. The summed E-state index contributed by atoms with van der Waals surface area (Å²) in [6.45, 7) is 1.83. The molecule has 0 spiro atoms. The van der Waals surface area contributed by atoms with Gasteiger partial charge in [-0.1, -0.05) is 29.8 Å². The zero-order valence-electron chi connectivity index (χ0n) is 11.4. The smallest absolute Gasteiger partial charge is 0.247 e. The van der Waals surface area contributed by atoms with Crippen LogP contribution in [0.15, 0.2) is 46.9 Å². The van der Waals surface area contributed by atoms with E-state index in [4.69, 9.17) is 16.0 Å². The molecule has 21 heavy (non-hydrogen) atoms. The summed E-state index contributed by atoms with van der Waals surface area (Å²) in [6, 6.07) is 12.8. The summed E-state index contributed by atoms with van der Waals surface area (Å²) in [5.74, 6) is 1.13. The second-order valence-electron chi connectivity index (χ2n) is 4.81. The maximum atomic E-state index is 9.73. The van der Waals surface area contributed by atoms with Crippen LogP contribution in [0.1, 0.15) is 17.0 Å². The van der Waals surface area contributed by atoms with Gasteiger partial charge in [0, 0.05) is 10.6 Å². The second kappa shape index (κ2) is 5.58. The molecular formula is C16H13ClN2O2. The molecule has 1 heterocycles. The number of aromatic nitrogens is 2. The van der Waals surface area contributed by atoms with Gasteiger partial charge in [-0.05, 0) is 42.3 Å². The summed E-state index contributed by atoms with van der Waals surface area (Å²) in [6.07, 6.45) is 0.544. The van der Waals surface area contributed by atoms with Gasteiger partial charge in [0.05, 0.1) is 6.42 Å². The van der Waals surface area contributed by atoms with Gasteiger partial charge in [0.25, 0.3) is 0 Å². The molecule has 0 amide bonds. The van der Waals surface area contributed by atoms with Crippen molar-refractivity contribution in [3.05, 3.63) is 64.5 Å². The van der Waals surface area contributed by atoms with Gasteiger partial charge in [0.15, 0.2) is 0 Å². The molecule has 0 unspecified atom stereocenters. The van der Waals surface area contributed by atoms with Crippen molar-refractivity contribution in [3.8, 4) is 17.2 Å². The molecular weight excluding hydrogens is 288 g/mol. The molecule has 2 aromatic carbocycles. The highest BCUT2D eigenvalue weighted by Crippen LogP contribution is 2.25. The van der Waals surface area contributed by atoms with E-state index in [0.717, 1.165) is 11.1 Å². The van der Waals surface area contributed by atoms with E-state index in [1.807, 2.05) is 43.3 Å². The lowest BCUT2D eigenvalue weighted by atomic mass is 10.1. The zero-order chi connectivity index (χ0) is 14.8. The van der Waals surface area contributed by atoms with Gasteiger partial charge in [0.2, 0.25) is 11.8 Å². The number of halogens is 1. The molecule has 0 aliphatic carbocycles. The van der Waals surface area contributed by atoms with Crippen molar-refractivity contribution in [2.45, 2.75) is 13.3 Å².